The average Bonchev–Trinajstić information content (AvgIpc) is 2.67. The predicted octanol–water partition coefficient (Wildman–Crippen LogP) is 3.10. The number of piperazine rings is 1. The molecule has 9 heteroatoms. The first-order valence-corrected chi connectivity index (χ1v) is 11.8. The van der Waals surface area contributed by atoms with E-state index < -0.39 is 10.0 Å². The van der Waals surface area contributed by atoms with Crippen LogP contribution in [0, 0.1) is 6.92 Å². The van der Waals surface area contributed by atoms with Gasteiger partial charge >= 0.3 is 0 Å². The number of hydrogen-bond acceptors (Lipinski definition) is 5. The summed E-state index contributed by atoms with van der Waals surface area (Å²) in [7, 11) is -1.65. The van der Waals surface area contributed by atoms with Gasteiger partial charge in [-0.2, -0.15) is 4.31 Å². The van der Waals surface area contributed by atoms with E-state index in [4.69, 9.17) is 4.74 Å². The van der Waals surface area contributed by atoms with Crippen molar-refractivity contribution < 1.29 is 17.9 Å². The van der Waals surface area contributed by atoms with E-state index >= 15 is 0 Å². The van der Waals surface area contributed by atoms with E-state index in [0.29, 0.717) is 43.2 Å². The third-order valence-corrected chi connectivity index (χ3v) is 6.65. The van der Waals surface area contributed by atoms with Crippen molar-refractivity contribution in [3.63, 3.8) is 0 Å². The Morgan fingerprint density at radius 2 is 1.79 bits per heavy atom. The molecular formula is C20H24BrN3O4S. The molecule has 156 valence electrons. The smallest absolute Gasteiger partial charge is 0.259 e. The van der Waals surface area contributed by atoms with Gasteiger partial charge in [0.1, 0.15) is 5.75 Å². The number of hydrogen-bond donors (Lipinski definition) is 1. The predicted molar refractivity (Wildman–Crippen MR) is 118 cm³/mol. The van der Waals surface area contributed by atoms with E-state index in [9.17, 15) is 13.2 Å². The molecule has 1 saturated heterocycles. The van der Waals surface area contributed by atoms with E-state index in [2.05, 4.69) is 26.1 Å². The topological polar surface area (TPSA) is 79.0 Å². The zero-order chi connectivity index (χ0) is 21.2. The van der Waals surface area contributed by atoms with Crippen molar-refractivity contribution >= 4 is 43.2 Å². The van der Waals surface area contributed by atoms with Gasteiger partial charge in [-0.1, -0.05) is 28.1 Å². The van der Waals surface area contributed by atoms with Crippen LogP contribution in [0.2, 0.25) is 0 Å². The summed E-state index contributed by atoms with van der Waals surface area (Å²) in [4.78, 5) is 15.1. The van der Waals surface area contributed by atoms with E-state index in [-0.39, 0.29) is 5.91 Å². The Labute approximate surface area is 179 Å². The lowest BCUT2D eigenvalue weighted by molar-refractivity contribution is 0.102. The van der Waals surface area contributed by atoms with Gasteiger partial charge in [-0.25, -0.2) is 8.42 Å². The number of methoxy groups -OCH3 is 1. The Bertz CT molecular complexity index is 1020. The number of aryl methyl sites for hydroxylation is 1. The number of nitrogens with zero attached hydrogens (tertiary/aromatic N) is 2. The van der Waals surface area contributed by atoms with Gasteiger partial charge in [-0.05, 0) is 36.8 Å². The maximum Gasteiger partial charge on any atom is 0.259 e. The normalized spacial score (nSPS) is 15.2. The summed E-state index contributed by atoms with van der Waals surface area (Å²) in [5, 5.41) is 2.98. The Morgan fingerprint density at radius 1 is 1.14 bits per heavy atom. The highest BCUT2D eigenvalue weighted by atomic mass is 79.9. The first-order valence-electron chi connectivity index (χ1n) is 9.15. The number of rotatable bonds is 5. The molecule has 1 fully saturated rings. The molecule has 29 heavy (non-hydrogen) atoms. The summed E-state index contributed by atoms with van der Waals surface area (Å²) in [6.07, 6.45) is 1.23. The minimum atomic E-state index is -3.19. The fraction of sp³-hybridized carbons (Fsp3) is 0.350. The van der Waals surface area contributed by atoms with E-state index in [0.717, 1.165) is 15.7 Å². The molecule has 2 aromatic carbocycles. The Hall–Kier alpha value is -2.10. The number of amides is 1. The van der Waals surface area contributed by atoms with Crippen molar-refractivity contribution in [2.45, 2.75) is 6.92 Å². The summed E-state index contributed by atoms with van der Waals surface area (Å²) in [5.41, 5.74) is 2.83. The first kappa shape index (κ1) is 21.6. The number of ether oxygens (including phenoxy) is 1. The minimum Gasteiger partial charge on any atom is -0.496 e. The van der Waals surface area contributed by atoms with Crippen molar-refractivity contribution in [2.24, 2.45) is 0 Å². The van der Waals surface area contributed by atoms with Crippen LogP contribution in [0.25, 0.3) is 0 Å². The van der Waals surface area contributed by atoms with Crippen molar-refractivity contribution in [3.8, 4) is 5.75 Å². The second kappa shape index (κ2) is 8.73. The fourth-order valence-electron chi connectivity index (χ4n) is 3.47. The molecule has 0 atom stereocenters. The van der Waals surface area contributed by atoms with Gasteiger partial charge in [0.05, 0.1) is 30.3 Å². The van der Waals surface area contributed by atoms with Crippen LogP contribution >= 0.6 is 15.9 Å². The maximum atomic E-state index is 13.0. The van der Waals surface area contributed by atoms with Gasteiger partial charge in [0, 0.05) is 30.7 Å². The van der Waals surface area contributed by atoms with Crippen LogP contribution in [-0.4, -0.2) is 58.2 Å². The van der Waals surface area contributed by atoms with Crippen molar-refractivity contribution in [3.05, 3.63) is 52.0 Å². The third kappa shape index (κ3) is 4.91. The SMILES string of the molecule is COc1c(C)cc(Br)cc1C(=O)Nc1ccccc1N1CCN(S(C)(=O)=O)CC1. The standard InChI is InChI=1S/C20H24BrN3O4S/c1-14-12-15(21)13-16(19(14)28-2)20(25)22-17-6-4-5-7-18(17)23-8-10-24(11-9-23)29(3,26)27/h4-7,12-13H,8-11H2,1-3H3,(H,22,25). The van der Waals surface area contributed by atoms with Crippen LogP contribution < -0.4 is 15.0 Å². The third-order valence-electron chi connectivity index (χ3n) is 4.89. The van der Waals surface area contributed by atoms with Crippen LogP contribution in [0.1, 0.15) is 15.9 Å². The Balaban J connectivity index is 1.83. The lowest BCUT2D eigenvalue weighted by Crippen LogP contribution is -2.48. The highest BCUT2D eigenvalue weighted by molar-refractivity contribution is 9.10. The molecule has 1 aliphatic heterocycles. The van der Waals surface area contributed by atoms with Gasteiger partial charge in [0.25, 0.3) is 5.91 Å². The molecule has 1 aliphatic rings. The number of carbonyl (C=O) groups excluding carboxylic acids is 1. The molecule has 1 heterocycles. The van der Waals surface area contributed by atoms with Gasteiger partial charge in [-0.3, -0.25) is 4.79 Å². The molecule has 0 bridgehead atoms. The summed E-state index contributed by atoms with van der Waals surface area (Å²) in [5.74, 6) is 0.262. The largest absolute Gasteiger partial charge is 0.496 e. The van der Waals surface area contributed by atoms with Crippen molar-refractivity contribution in [1.29, 1.82) is 0 Å². The van der Waals surface area contributed by atoms with Gasteiger partial charge in [-0.15, -0.1) is 0 Å². The zero-order valence-electron chi connectivity index (χ0n) is 16.6. The lowest BCUT2D eigenvalue weighted by atomic mass is 10.1. The molecule has 2 aromatic rings. The monoisotopic (exact) mass is 481 g/mol. The minimum absolute atomic E-state index is 0.270. The highest BCUT2D eigenvalue weighted by Gasteiger charge is 2.25. The molecule has 0 spiro atoms. The van der Waals surface area contributed by atoms with Crippen molar-refractivity contribution in [1.82, 2.24) is 4.31 Å². The number of sulfonamides is 1. The molecule has 0 aliphatic carbocycles. The van der Waals surface area contributed by atoms with Gasteiger partial charge < -0.3 is 15.0 Å². The summed E-state index contributed by atoms with van der Waals surface area (Å²) >= 11 is 3.43. The lowest BCUT2D eigenvalue weighted by Gasteiger charge is -2.35. The molecule has 0 radical (unpaired) electrons. The number of carbonyl (C=O) groups is 1. The molecule has 7 nitrogen and oxygen atoms in total. The molecule has 3 rings (SSSR count). The molecule has 1 amide bonds. The summed E-state index contributed by atoms with van der Waals surface area (Å²) < 4.78 is 31.2. The summed E-state index contributed by atoms with van der Waals surface area (Å²) in [6.45, 7) is 3.83. The second-order valence-electron chi connectivity index (χ2n) is 6.92. The summed E-state index contributed by atoms with van der Waals surface area (Å²) in [6, 6.07) is 11.1. The van der Waals surface area contributed by atoms with Gasteiger partial charge in [0.2, 0.25) is 10.0 Å². The average molecular weight is 482 g/mol. The number of benzene rings is 2. The van der Waals surface area contributed by atoms with Crippen LogP contribution in [0.4, 0.5) is 11.4 Å². The Morgan fingerprint density at radius 3 is 2.41 bits per heavy atom. The van der Waals surface area contributed by atoms with E-state index in [1.54, 1.807) is 13.2 Å². The van der Waals surface area contributed by atoms with E-state index in [1.165, 1.54) is 10.6 Å². The first-order chi connectivity index (χ1) is 13.7. The quantitative estimate of drug-likeness (QED) is 0.709. The molecule has 0 saturated carbocycles. The van der Waals surface area contributed by atoms with Crippen LogP contribution in [0.5, 0.6) is 5.75 Å². The molecular weight excluding hydrogens is 458 g/mol. The number of nitrogens with one attached hydrogen (secondary N) is 1. The zero-order valence-corrected chi connectivity index (χ0v) is 19.0. The van der Waals surface area contributed by atoms with Crippen LogP contribution in [0.15, 0.2) is 40.9 Å². The van der Waals surface area contributed by atoms with Crippen molar-refractivity contribution in [2.75, 3.05) is 49.8 Å². The number of anilines is 2. The molecule has 0 aromatic heterocycles. The Kier molecular flexibility index (Phi) is 6.50. The number of para-hydroxylation sites is 2. The van der Waals surface area contributed by atoms with Crippen LogP contribution in [-0.2, 0) is 10.0 Å². The molecule has 0 unspecified atom stereocenters. The van der Waals surface area contributed by atoms with Crippen LogP contribution in [0.3, 0.4) is 0 Å². The highest BCUT2D eigenvalue weighted by Crippen LogP contribution is 2.31. The van der Waals surface area contributed by atoms with Gasteiger partial charge in [0.15, 0.2) is 0 Å². The second-order valence-corrected chi connectivity index (χ2v) is 9.82. The van der Waals surface area contributed by atoms with E-state index in [1.807, 2.05) is 37.3 Å². The maximum absolute atomic E-state index is 13.0. The molecule has 1 N–H and O–H groups in total. The fourth-order valence-corrected chi connectivity index (χ4v) is 4.87. The number of halogens is 1.